The summed E-state index contributed by atoms with van der Waals surface area (Å²) in [5.74, 6) is 0.181. The zero-order valence-electron chi connectivity index (χ0n) is 14.2. The van der Waals surface area contributed by atoms with Crippen LogP contribution in [0.1, 0.15) is 62.1 Å². The lowest BCUT2D eigenvalue weighted by Gasteiger charge is -2.22. The highest BCUT2D eigenvalue weighted by Gasteiger charge is 2.29. The minimum atomic E-state index is -0.0125. The number of aromatic amines is 1. The topological polar surface area (TPSA) is 44.9 Å². The van der Waals surface area contributed by atoms with Crippen molar-refractivity contribution in [1.29, 1.82) is 0 Å². The largest absolute Gasteiger partial charge is 0.357 e. The van der Waals surface area contributed by atoms with Crippen LogP contribution in [0.3, 0.4) is 0 Å². The van der Waals surface area contributed by atoms with E-state index in [0.29, 0.717) is 0 Å². The molecule has 1 aromatic carbocycles. The smallest absolute Gasteiger partial charge is 0.229 e. The van der Waals surface area contributed by atoms with Gasteiger partial charge in [-0.3, -0.25) is 4.79 Å². The van der Waals surface area contributed by atoms with E-state index in [4.69, 9.17) is 0 Å². The number of allylic oxidation sites excluding steroid dienone is 1. The van der Waals surface area contributed by atoms with Crippen molar-refractivity contribution < 1.29 is 4.79 Å². The van der Waals surface area contributed by atoms with Crippen LogP contribution in [0.5, 0.6) is 0 Å². The average Bonchev–Trinajstić information content (AvgIpc) is 3.01. The van der Waals surface area contributed by atoms with E-state index in [1.807, 2.05) is 0 Å². The lowest BCUT2D eigenvalue weighted by Crippen LogP contribution is -2.32. The molecule has 0 saturated carbocycles. The number of carbonyl (C=O) groups excluding carboxylic acids is 1. The Morgan fingerprint density at radius 1 is 1.17 bits per heavy atom. The molecular weight excluding hydrogens is 296 g/mol. The van der Waals surface area contributed by atoms with Crippen LogP contribution in [0.25, 0.3) is 10.9 Å². The van der Waals surface area contributed by atoms with E-state index in [0.717, 1.165) is 43.4 Å². The summed E-state index contributed by atoms with van der Waals surface area (Å²) in [7, 11) is 0. The number of aromatic nitrogens is 1. The summed E-state index contributed by atoms with van der Waals surface area (Å²) in [6.45, 7) is 0.775. The lowest BCUT2D eigenvalue weighted by molar-refractivity contribution is -0.122. The van der Waals surface area contributed by atoms with Crippen LogP contribution < -0.4 is 5.32 Å². The van der Waals surface area contributed by atoms with Gasteiger partial charge in [-0.1, -0.05) is 29.8 Å². The van der Waals surface area contributed by atoms with Crippen molar-refractivity contribution in [3.05, 3.63) is 47.2 Å². The van der Waals surface area contributed by atoms with Gasteiger partial charge >= 0.3 is 0 Å². The molecular formula is C21H26N2O. The van der Waals surface area contributed by atoms with Crippen LogP contribution in [0, 0.1) is 0 Å². The minimum absolute atomic E-state index is 0.0125. The maximum Gasteiger partial charge on any atom is 0.229 e. The molecule has 4 rings (SSSR count). The summed E-state index contributed by atoms with van der Waals surface area (Å²) in [5, 5.41) is 4.47. The standard InChI is InChI=1S/C21H26N2O/c24-21(22-14-13-15-7-2-1-3-8-15)18-11-6-10-17-16-9-4-5-12-19(16)23-20(17)18/h4-5,7,9,12,18,23H,1-3,6,8,10-11,13-14H2,(H,22,24)/t18-/m0/s1. The molecule has 1 aromatic heterocycles. The van der Waals surface area contributed by atoms with Gasteiger partial charge in [0.25, 0.3) is 0 Å². The molecule has 2 aliphatic rings. The first-order chi connectivity index (χ1) is 11.8. The molecule has 0 saturated heterocycles. The number of fused-ring (bicyclic) bond motifs is 3. The van der Waals surface area contributed by atoms with E-state index in [2.05, 4.69) is 40.6 Å². The Labute approximate surface area is 143 Å². The monoisotopic (exact) mass is 322 g/mol. The molecule has 0 radical (unpaired) electrons. The van der Waals surface area contributed by atoms with Gasteiger partial charge in [-0.15, -0.1) is 0 Å². The van der Waals surface area contributed by atoms with Crippen molar-refractivity contribution in [2.45, 2.75) is 57.3 Å². The number of hydrogen-bond donors (Lipinski definition) is 2. The number of H-pyrrole nitrogens is 1. The summed E-state index contributed by atoms with van der Waals surface area (Å²) in [4.78, 5) is 16.2. The molecule has 0 aliphatic heterocycles. The van der Waals surface area contributed by atoms with Crippen LogP contribution in [-0.4, -0.2) is 17.4 Å². The van der Waals surface area contributed by atoms with Gasteiger partial charge in [-0.25, -0.2) is 0 Å². The molecule has 0 fully saturated rings. The summed E-state index contributed by atoms with van der Waals surface area (Å²) >= 11 is 0. The summed E-state index contributed by atoms with van der Waals surface area (Å²) in [6.07, 6.45) is 11.6. The molecule has 2 N–H and O–H groups in total. The molecule has 0 spiro atoms. The predicted octanol–water partition coefficient (Wildman–Crippen LogP) is 4.59. The first kappa shape index (κ1) is 15.5. The Kier molecular flexibility index (Phi) is 4.42. The number of carbonyl (C=O) groups is 1. The minimum Gasteiger partial charge on any atom is -0.357 e. The van der Waals surface area contributed by atoms with Crippen molar-refractivity contribution in [3.8, 4) is 0 Å². The van der Waals surface area contributed by atoms with Crippen LogP contribution in [0.2, 0.25) is 0 Å². The van der Waals surface area contributed by atoms with Crippen molar-refractivity contribution in [1.82, 2.24) is 10.3 Å². The second kappa shape index (κ2) is 6.84. The van der Waals surface area contributed by atoms with E-state index in [1.165, 1.54) is 42.2 Å². The second-order valence-corrected chi connectivity index (χ2v) is 7.16. The van der Waals surface area contributed by atoms with E-state index < -0.39 is 0 Å². The number of hydrogen-bond acceptors (Lipinski definition) is 1. The number of benzene rings is 1. The predicted molar refractivity (Wildman–Crippen MR) is 98.2 cm³/mol. The zero-order valence-corrected chi connectivity index (χ0v) is 14.2. The Morgan fingerprint density at radius 2 is 2.08 bits per heavy atom. The van der Waals surface area contributed by atoms with Gasteiger partial charge in [0, 0.05) is 23.1 Å². The molecule has 2 aliphatic carbocycles. The SMILES string of the molecule is O=C(NCCC1=CCCCC1)[C@H]1CCCc2c1[nH]c1ccccc21. The van der Waals surface area contributed by atoms with Crippen LogP contribution in [0.4, 0.5) is 0 Å². The highest BCUT2D eigenvalue weighted by molar-refractivity contribution is 5.90. The molecule has 24 heavy (non-hydrogen) atoms. The number of nitrogens with one attached hydrogen (secondary N) is 2. The molecule has 2 aromatic rings. The van der Waals surface area contributed by atoms with E-state index >= 15 is 0 Å². The molecule has 1 amide bonds. The molecule has 0 unspecified atom stereocenters. The van der Waals surface area contributed by atoms with Gasteiger partial charge in [0.15, 0.2) is 0 Å². The molecule has 3 heteroatoms. The zero-order chi connectivity index (χ0) is 16.4. The number of aryl methyl sites for hydroxylation is 1. The van der Waals surface area contributed by atoms with Gasteiger partial charge in [-0.2, -0.15) is 0 Å². The highest BCUT2D eigenvalue weighted by Crippen LogP contribution is 2.36. The van der Waals surface area contributed by atoms with Crippen molar-refractivity contribution in [2.75, 3.05) is 6.54 Å². The van der Waals surface area contributed by atoms with Gasteiger partial charge in [0.2, 0.25) is 5.91 Å². The van der Waals surface area contributed by atoms with Crippen LogP contribution >= 0.6 is 0 Å². The summed E-state index contributed by atoms with van der Waals surface area (Å²) in [5.41, 5.74) is 5.19. The normalized spacial score (nSPS) is 20.5. The Morgan fingerprint density at radius 3 is 2.96 bits per heavy atom. The van der Waals surface area contributed by atoms with E-state index in [-0.39, 0.29) is 11.8 Å². The fourth-order valence-electron chi connectivity index (χ4n) is 4.28. The number of amides is 1. The van der Waals surface area contributed by atoms with Crippen molar-refractivity contribution >= 4 is 16.8 Å². The Hall–Kier alpha value is -2.03. The number of para-hydroxylation sites is 1. The maximum atomic E-state index is 12.7. The fraction of sp³-hybridized carbons (Fsp3) is 0.476. The van der Waals surface area contributed by atoms with Gasteiger partial charge in [0.05, 0.1) is 5.92 Å². The Bertz CT molecular complexity index is 771. The maximum absolute atomic E-state index is 12.7. The third-order valence-corrected chi connectivity index (χ3v) is 5.56. The molecule has 0 bridgehead atoms. The van der Waals surface area contributed by atoms with Crippen molar-refractivity contribution in [3.63, 3.8) is 0 Å². The van der Waals surface area contributed by atoms with Gasteiger partial charge < -0.3 is 10.3 Å². The van der Waals surface area contributed by atoms with E-state index in [1.54, 1.807) is 0 Å². The quantitative estimate of drug-likeness (QED) is 0.794. The fourth-order valence-corrected chi connectivity index (χ4v) is 4.28. The lowest BCUT2D eigenvalue weighted by atomic mass is 9.86. The first-order valence-electron chi connectivity index (χ1n) is 9.38. The highest BCUT2D eigenvalue weighted by atomic mass is 16.1. The van der Waals surface area contributed by atoms with Gasteiger partial charge in [0.1, 0.15) is 0 Å². The molecule has 3 nitrogen and oxygen atoms in total. The average molecular weight is 322 g/mol. The third-order valence-electron chi connectivity index (χ3n) is 5.56. The van der Waals surface area contributed by atoms with Crippen molar-refractivity contribution in [2.24, 2.45) is 0 Å². The second-order valence-electron chi connectivity index (χ2n) is 7.16. The van der Waals surface area contributed by atoms with Crippen LogP contribution in [0.15, 0.2) is 35.9 Å². The molecule has 1 atom stereocenters. The van der Waals surface area contributed by atoms with Gasteiger partial charge in [-0.05, 0) is 63.0 Å². The van der Waals surface area contributed by atoms with Crippen LogP contribution in [-0.2, 0) is 11.2 Å². The molecule has 126 valence electrons. The summed E-state index contributed by atoms with van der Waals surface area (Å²) in [6, 6.07) is 8.41. The first-order valence-corrected chi connectivity index (χ1v) is 9.38. The third kappa shape index (κ3) is 3.00. The molecule has 1 heterocycles. The Balaban J connectivity index is 1.45. The number of rotatable bonds is 4. The summed E-state index contributed by atoms with van der Waals surface area (Å²) < 4.78 is 0. The van der Waals surface area contributed by atoms with E-state index in [9.17, 15) is 4.79 Å².